The van der Waals surface area contributed by atoms with Gasteiger partial charge in [0.05, 0.1) is 7.11 Å². The Bertz CT molecular complexity index is 216. The van der Waals surface area contributed by atoms with Gasteiger partial charge in [-0.05, 0) is 0 Å². The Morgan fingerprint density at radius 1 is 1.70 bits per heavy atom. The lowest BCUT2D eigenvalue weighted by molar-refractivity contribution is 0.0600. The van der Waals surface area contributed by atoms with E-state index in [0.29, 0.717) is 5.56 Å². The van der Waals surface area contributed by atoms with E-state index in [2.05, 4.69) is 10.8 Å². The molecule has 2 nitrogen and oxygen atoms in total. The first-order valence-electron chi connectivity index (χ1n) is 2.89. The van der Waals surface area contributed by atoms with E-state index in [1.807, 2.05) is 0 Å². The van der Waals surface area contributed by atoms with E-state index in [-0.39, 0.29) is 5.97 Å². The number of methoxy groups -OCH3 is 1. The van der Waals surface area contributed by atoms with Crippen LogP contribution in [0.25, 0.3) is 0 Å². The number of ether oxygens (including phenoxy) is 1. The summed E-state index contributed by atoms with van der Waals surface area (Å²) in [6, 6.07) is 9.52. The molecule has 0 aliphatic rings. The smallest absolute Gasteiger partial charge is 0.280 e. The molecule has 0 aromatic heterocycles. The number of hydrogen-bond acceptors (Lipinski definition) is 2. The molecule has 0 atom stereocenters. The molecule has 0 aliphatic carbocycles. The quantitative estimate of drug-likeness (QED) is 0.428. The lowest BCUT2D eigenvalue weighted by atomic mass is 10.2. The summed E-state index contributed by atoms with van der Waals surface area (Å²) in [4.78, 5) is 10.8. The summed E-state index contributed by atoms with van der Waals surface area (Å²) in [6.07, 6.45) is 0. The molecule has 0 aliphatic heterocycles. The zero-order valence-electron chi connectivity index (χ0n) is 5.63. The standard InChI is InChI=1S/C8H7O2/c1-10-8(9)7-5-3-2-4-6-7/h2-3,5-6H,1H3/q-1. The predicted molar refractivity (Wildman–Crippen MR) is 36.6 cm³/mol. The molecule has 0 heterocycles. The third-order valence-electron chi connectivity index (χ3n) is 1.13. The summed E-state index contributed by atoms with van der Waals surface area (Å²) in [5.41, 5.74) is 0.532. The van der Waals surface area contributed by atoms with Gasteiger partial charge >= 0.3 is 0 Å². The molecule has 2 heteroatoms. The summed E-state index contributed by atoms with van der Waals surface area (Å²) in [5.74, 6) is -0.322. The summed E-state index contributed by atoms with van der Waals surface area (Å²) < 4.78 is 4.48. The van der Waals surface area contributed by atoms with E-state index in [0.717, 1.165) is 0 Å². The van der Waals surface area contributed by atoms with E-state index in [9.17, 15) is 4.79 Å². The lowest BCUT2D eigenvalue weighted by Gasteiger charge is -2.02. The van der Waals surface area contributed by atoms with Crippen molar-refractivity contribution in [3.8, 4) is 0 Å². The van der Waals surface area contributed by atoms with Crippen LogP contribution in [0.2, 0.25) is 0 Å². The Labute approximate surface area is 59.4 Å². The van der Waals surface area contributed by atoms with Crippen LogP contribution < -0.4 is 0 Å². The fraction of sp³-hybridized carbons (Fsp3) is 0.125. The second kappa shape index (κ2) is 3.01. The minimum Gasteiger partial charge on any atom is -0.475 e. The van der Waals surface area contributed by atoms with Gasteiger partial charge in [-0.3, -0.25) is 4.79 Å². The SMILES string of the molecule is COC(=O)c1c[c-]ccc1. The van der Waals surface area contributed by atoms with Crippen molar-refractivity contribution in [3.63, 3.8) is 0 Å². The zero-order valence-corrected chi connectivity index (χ0v) is 5.63. The van der Waals surface area contributed by atoms with Crippen LogP contribution in [0.15, 0.2) is 24.3 Å². The Kier molecular flexibility index (Phi) is 2.05. The van der Waals surface area contributed by atoms with E-state index in [1.54, 1.807) is 24.3 Å². The van der Waals surface area contributed by atoms with Gasteiger partial charge < -0.3 is 4.74 Å². The van der Waals surface area contributed by atoms with Crippen molar-refractivity contribution >= 4 is 5.97 Å². The second-order valence-corrected chi connectivity index (χ2v) is 1.78. The topological polar surface area (TPSA) is 26.3 Å². The van der Waals surface area contributed by atoms with Gasteiger partial charge in [0.25, 0.3) is 5.97 Å². The van der Waals surface area contributed by atoms with Crippen molar-refractivity contribution in [3.05, 3.63) is 35.9 Å². The normalized spacial score (nSPS) is 8.90. The van der Waals surface area contributed by atoms with Gasteiger partial charge in [-0.15, -0.1) is 0 Å². The molecule has 0 spiro atoms. The first-order chi connectivity index (χ1) is 4.84. The van der Waals surface area contributed by atoms with Crippen molar-refractivity contribution in [2.45, 2.75) is 0 Å². The van der Waals surface area contributed by atoms with Crippen molar-refractivity contribution in [2.75, 3.05) is 7.11 Å². The maximum atomic E-state index is 10.8. The molecule has 1 rings (SSSR count). The number of esters is 1. The highest BCUT2D eigenvalue weighted by Crippen LogP contribution is 1.98. The third kappa shape index (κ3) is 1.35. The molecule has 0 saturated heterocycles. The number of hydrogen-bond donors (Lipinski definition) is 0. The lowest BCUT2D eigenvalue weighted by Crippen LogP contribution is -1.99. The van der Waals surface area contributed by atoms with Crippen LogP contribution >= 0.6 is 0 Å². The third-order valence-corrected chi connectivity index (χ3v) is 1.13. The van der Waals surface area contributed by atoms with Gasteiger partial charge in [-0.2, -0.15) is 30.3 Å². The molecular weight excluding hydrogens is 128 g/mol. The first kappa shape index (κ1) is 6.81. The molecule has 1 aromatic rings. The molecule has 10 heavy (non-hydrogen) atoms. The fourth-order valence-electron chi connectivity index (χ4n) is 0.638. The Morgan fingerprint density at radius 3 is 3.00 bits per heavy atom. The highest BCUT2D eigenvalue weighted by molar-refractivity contribution is 5.89. The minimum atomic E-state index is -0.322. The molecule has 0 bridgehead atoms. The fourth-order valence-corrected chi connectivity index (χ4v) is 0.638. The van der Waals surface area contributed by atoms with Crippen LogP contribution in [0.4, 0.5) is 0 Å². The maximum Gasteiger partial charge on any atom is 0.280 e. The maximum absolute atomic E-state index is 10.8. The number of benzene rings is 1. The minimum absolute atomic E-state index is 0.322. The van der Waals surface area contributed by atoms with E-state index in [4.69, 9.17) is 0 Å². The van der Waals surface area contributed by atoms with Gasteiger partial charge in [0.1, 0.15) is 0 Å². The molecule has 0 amide bonds. The van der Waals surface area contributed by atoms with Crippen molar-refractivity contribution < 1.29 is 9.53 Å². The van der Waals surface area contributed by atoms with E-state index < -0.39 is 0 Å². The van der Waals surface area contributed by atoms with Crippen LogP contribution in [0.5, 0.6) is 0 Å². The number of carbonyl (C=O) groups is 1. The molecule has 1 aromatic carbocycles. The van der Waals surface area contributed by atoms with Crippen LogP contribution in [0, 0.1) is 6.07 Å². The summed E-state index contributed by atoms with van der Waals surface area (Å²) >= 11 is 0. The van der Waals surface area contributed by atoms with Crippen LogP contribution in [-0.4, -0.2) is 13.1 Å². The average molecular weight is 135 g/mol. The van der Waals surface area contributed by atoms with E-state index >= 15 is 0 Å². The van der Waals surface area contributed by atoms with Crippen molar-refractivity contribution in [1.29, 1.82) is 0 Å². The zero-order chi connectivity index (χ0) is 7.40. The Balaban J connectivity index is 2.85. The molecule has 0 fully saturated rings. The molecule has 0 N–H and O–H groups in total. The van der Waals surface area contributed by atoms with Crippen molar-refractivity contribution in [2.24, 2.45) is 0 Å². The Morgan fingerprint density at radius 2 is 2.50 bits per heavy atom. The Hall–Kier alpha value is -1.31. The number of carbonyl (C=O) groups excluding carboxylic acids is 1. The van der Waals surface area contributed by atoms with Gasteiger partial charge in [-0.1, -0.05) is 5.56 Å². The van der Waals surface area contributed by atoms with Crippen LogP contribution in [-0.2, 0) is 4.74 Å². The molecule has 52 valence electrons. The van der Waals surface area contributed by atoms with Crippen LogP contribution in [0.3, 0.4) is 0 Å². The van der Waals surface area contributed by atoms with Crippen molar-refractivity contribution in [1.82, 2.24) is 0 Å². The highest BCUT2D eigenvalue weighted by atomic mass is 16.5. The molecule has 0 saturated carbocycles. The molecule has 0 radical (unpaired) electrons. The van der Waals surface area contributed by atoms with Gasteiger partial charge in [-0.25, -0.2) is 0 Å². The molecular formula is C8H7O2-. The average Bonchev–Trinajstić information content (AvgIpc) is 2.05. The predicted octanol–water partition coefficient (Wildman–Crippen LogP) is 1.27. The van der Waals surface area contributed by atoms with Crippen LogP contribution in [0.1, 0.15) is 10.4 Å². The largest absolute Gasteiger partial charge is 0.475 e. The monoisotopic (exact) mass is 135 g/mol. The van der Waals surface area contributed by atoms with E-state index in [1.165, 1.54) is 7.11 Å². The van der Waals surface area contributed by atoms with Gasteiger partial charge in [0.15, 0.2) is 0 Å². The van der Waals surface area contributed by atoms with Gasteiger partial charge in [0.2, 0.25) is 0 Å². The first-order valence-corrected chi connectivity index (χ1v) is 2.89. The number of rotatable bonds is 1. The molecule has 0 unspecified atom stereocenters. The highest BCUT2D eigenvalue weighted by Gasteiger charge is 1.92. The second-order valence-electron chi connectivity index (χ2n) is 1.78. The summed E-state index contributed by atoms with van der Waals surface area (Å²) in [7, 11) is 1.36. The summed E-state index contributed by atoms with van der Waals surface area (Å²) in [6.45, 7) is 0. The summed E-state index contributed by atoms with van der Waals surface area (Å²) in [5, 5.41) is 0. The van der Waals surface area contributed by atoms with Gasteiger partial charge in [0, 0.05) is 0 Å².